The van der Waals surface area contributed by atoms with Crippen LogP contribution in [0.3, 0.4) is 0 Å². The van der Waals surface area contributed by atoms with Gasteiger partial charge in [-0.15, -0.1) is 0 Å². The number of primary sulfonamides is 1. The maximum Gasteiger partial charge on any atom is 0.338 e. The molecule has 0 spiro atoms. The van der Waals surface area contributed by atoms with Gasteiger partial charge in [-0.05, 0) is 36.4 Å². The Labute approximate surface area is 162 Å². The summed E-state index contributed by atoms with van der Waals surface area (Å²) in [6.07, 6.45) is 1.72. The molecule has 28 heavy (non-hydrogen) atoms. The molecule has 0 aliphatic carbocycles. The zero-order valence-corrected chi connectivity index (χ0v) is 15.8. The van der Waals surface area contributed by atoms with Gasteiger partial charge in [-0.2, -0.15) is 0 Å². The van der Waals surface area contributed by atoms with Crippen LogP contribution in [0.2, 0.25) is 0 Å². The second kappa shape index (κ2) is 8.36. The molecule has 1 fully saturated rings. The maximum absolute atomic E-state index is 12.3. The van der Waals surface area contributed by atoms with Gasteiger partial charge in [0.05, 0.1) is 10.5 Å². The van der Waals surface area contributed by atoms with Crippen molar-refractivity contribution >= 4 is 27.7 Å². The highest BCUT2D eigenvalue weighted by atomic mass is 32.2. The third kappa shape index (κ3) is 4.84. The van der Waals surface area contributed by atoms with Crippen LogP contribution < -0.4 is 10.0 Å². The van der Waals surface area contributed by atoms with Gasteiger partial charge in [0.15, 0.2) is 6.61 Å². The van der Waals surface area contributed by atoms with E-state index in [1.165, 1.54) is 24.3 Å². The van der Waals surface area contributed by atoms with Crippen molar-refractivity contribution in [2.75, 3.05) is 37.7 Å². The standard InChI is InChI=1S/C18H20N4O5S/c19-28(25,26)15-6-4-14(5-7-15)18(24)27-13-17(23)22-11-9-21(10-12-22)16-3-1-2-8-20-16/h1-8H,9-13H2,(H2,19,25,26). The molecular formula is C18H20N4O5S. The molecule has 0 bridgehead atoms. The van der Waals surface area contributed by atoms with Crippen molar-refractivity contribution in [1.29, 1.82) is 0 Å². The molecule has 1 aromatic heterocycles. The number of aromatic nitrogens is 1. The summed E-state index contributed by atoms with van der Waals surface area (Å²) in [5, 5.41) is 5.01. The molecule has 2 heterocycles. The Bertz CT molecular complexity index is 940. The number of nitrogens with two attached hydrogens (primary N) is 1. The Morgan fingerprint density at radius 2 is 1.71 bits per heavy atom. The monoisotopic (exact) mass is 404 g/mol. The van der Waals surface area contributed by atoms with E-state index in [4.69, 9.17) is 9.88 Å². The summed E-state index contributed by atoms with van der Waals surface area (Å²) in [5.74, 6) is -0.124. The van der Waals surface area contributed by atoms with Crippen molar-refractivity contribution in [3.05, 3.63) is 54.2 Å². The van der Waals surface area contributed by atoms with E-state index < -0.39 is 16.0 Å². The summed E-state index contributed by atoms with van der Waals surface area (Å²) in [7, 11) is -3.83. The third-order valence-corrected chi connectivity index (χ3v) is 5.28. The molecule has 1 aromatic carbocycles. The first-order valence-corrected chi connectivity index (χ1v) is 10.1. The Morgan fingerprint density at radius 3 is 2.29 bits per heavy atom. The summed E-state index contributed by atoms with van der Waals surface area (Å²) in [4.78, 5) is 32.2. The summed E-state index contributed by atoms with van der Waals surface area (Å²) in [6, 6.07) is 10.7. The quantitative estimate of drug-likeness (QED) is 0.708. The van der Waals surface area contributed by atoms with E-state index in [0.29, 0.717) is 26.2 Å². The number of pyridine rings is 1. The molecule has 0 saturated carbocycles. The number of hydrogen-bond donors (Lipinski definition) is 1. The SMILES string of the molecule is NS(=O)(=O)c1ccc(C(=O)OCC(=O)N2CCN(c3ccccn3)CC2)cc1. The number of rotatable bonds is 5. The molecule has 2 aromatic rings. The van der Waals surface area contributed by atoms with Gasteiger partial charge in [-0.25, -0.2) is 23.3 Å². The number of benzene rings is 1. The Hall–Kier alpha value is -2.98. The minimum atomic E-state index is -3.83. The van der Waals surface area contributed by atoms with Crippen LogP contribution in [-0.4, -0.2) is 63.0 Å². The van der Waals surface area contributed by atoms with Gasteiger partial charge in [-0.3, -0.25) is 4.79 Å². The average Bonchev–Trinajstić information content (AvgIpc) is 2.72. The first-order chi connectivity index (χ1) is 13.3. The van der Waals surface area contributed by atoms with E-state index in [1.807, 2.05) is 18.2 Å². The van der Waals surface area contributed by atoms with E-state index in [2.05, 4.69) is 9.88 Å². The normalized spacial score (nSPS) is 14.6. The van der Waals surface area contributed by atoms with E-state index in [-0.39, 0.29) is 23.0 Å². The predicted molar refractivity (Wildman–Crippen MR) is 101 cm³/mol. The zero-order valence-electron chi connectivity index (χ0n) is 15.0. The second-order valence-electron chi connectivity index (χ2n) is 6.20. The van der Waals surface area contributed by atoms with Crippen LogP contribution >= 0.6 is 0 Å². The molecule has 0 radical (unpaired) electrons. The topological polar surface area (TPSA) is 123 Å². The van der Waals surface area contributed by atoms with Crippen LogP contribution in [0.25, 0.3) is 0 Å². The highest BCUT2D eigenvalue weighted by Crippen LogP contribution is 2.13. The number of sulfonamides is 1. The minimum Gasteiger partial charge on any atom is -0.452 e. The lowest BCUT2D eigenvalue weighted by Gasteiger charge is -2.35. The molecule has 2 N–H and O–H groups in total. The molecule has 0 unspecified atom stereocenters. The lowest BCUT2D eigenvalue weighted by Crippen LogP contribution is -2.50. The summed E-state index contributed by atoms with van der Waals surface area (Å²) < 4.78 is 27.5. The van der Waals surface area contributed by atoms with Gasteiger partial charge in [-0.1, -0.05) is 6.07 Å². The zero-order chi connectivity index (χ0) is 20.1. The van der Waals surface area contributed by atoms with Crippen LogP contribution in [0.15, 0.2) is 53.6 Å². The number of amides is 1. The lowest BCUT2D eigenvalue weighted by atomic mass is 10.2. The molecule has 1 aliphatic heterocycles. The van der Waals surface area contributed by atoms with Crippen LogP contribution in [0, 0.1) is 0 Å². The highest BCUT2D eigenvalue weighted by Gasteiger charge is 2.23. The van der Waals surface area contributed by atoms with Gasteiger partial charge in [0.25, 0.3) is 5.91 Å². The third-order valence-electron chi connectivity index (χ3n) is 4.35. The van der Waals surface area contributed by atoms with Crippen LogP contribution in [0.5, 0.6) is 0 Å². The predicted octanol–water partition coefficient (Wildman–Crippen LogP) is 0.235. The first-order valence-electron chi connectivity index (χ1n) is 8.58. The lowest BCUT2D eigenvalue weighted by molar-refractivity contribution is -0.134. The Morgan fingerprint density at radius 1 is 1.04 bits per heavy atom. The summed E-state index contributed by atoms with van der Waals surface area (Å²) >= 11 is 0. The van der Waals surface area contributed by atoms with E-state index in [0.717, 1.165) is 5.82 Å². The minimum absolute atomic E-state index is 0.106. The molecule has 3 rings (SSSR count). The van der Waals surface area contributed by atoms with Gasteiger partial charge in [0.2, 0.25) is 10.0 Å². The van der Waals surface area contributed by atoms with E-state index in [9.17, 15) is 18.0 Å². The highest BCUT2D eigenvalue weighted by molar-refractivity contribution is 7.89. The van der Waals surface area contributed by atoms with Crippen molar-refractivity contribution in [2.24, 2.45) is 5.14 Å². The fourth-order valence-corrected chi connectivity index (χ4v) is 3.32. The molecule has 9 nitrogen and oxygen atoms in total. The fourth-order valence-electron chi connectivity index (χ4n) is 2.81. The van der Waals surface area contributed by atoms with Crippen molar-refractivity contribution in [2.45, 2.75) is 4.90 Å². The molecule has 1 saturated heterocycles. The Kier molecular flexibility index (Phi) is 5.90. The Balaban J connectivity index is 1.48. The summed E-state index contributed by atoms with van der Waals surface area (Å²) in [6.45, 7) is 1.93. The van der Waals surface area contributed by atoms with Crippen molar-refractivity contribution in [3.63, 3.8) is 0 Å². The van der Waals surface area contributed by atoms with Crippen molar-refractivity contribution in [3.8, 4) is 0 Å². The maximum atomic E-state index is 12.3. The number of anilines is 1. The number of hydrogen-bond acceptors (Lipinski definition) is 7. The first kappa shape index (κ1) is 19.8. The molecule has 10 heteroatoms. The van der Waals surface area contributed by atoms with Crippen molar-refractivity contribution < 1.29 is 22.7 Å². The number of carbonyl (C=O) groups is 2. The van der Waals surface area contributed by atoms with E-state index >= 15 is 0 Å². The van der Waals surface area contributed by atoms with E-state index in [1.54, 1.807) is 11.1 Å². The molecule has 148 valence electrons. The smallest absolute Gasteiger partial charge is 0.338 e. The van der Waals surface area contributed by atoms with Gasteiger partial charge < -0.3 is 14.5 Å². The molecule has 1 aliphatic rings. The van der Waals surface area contributed by atoms with Gasteiger partial charge in [0, 0.05) is 32.4 Å². The second-order valence-corrected chi connectivity index (χ2v) is 7.76. The van der Waals surface area contributed by atoms with Crippen LogP contribution in [0.4, 0.5) is 5.82 Å². The molecule has 1 amide bonds. The number of ether oxygens (including phenoxy) is 1. The van der Waals surface area contributed by atoms with Gasteiger partial charge >= 0.3 is 5.97 Å². The number of nitrogens with zero attached hydrogens (tertiary/aromatic N) is 3. The average molecular weight is 404 g/mol. The molecular weight excluding hydrogens is 384 g/mol. The number of carbonyl (C=O) groups excluding carboxylic acids is 2. The van der Waals surface area contributed by atoms with Crippen LogP contribution in [0.1, 0.15) is 10.4 Å². The van der Waals surface area contributed by atoms with Crippen LogP contribution in [-0.2, 0) is 19.6 Å². The number of piperazine rings is 1. The number of esters is 1. The molecule has 0 atom stereocenters. The largest absolute Gasteiger partial charge is 0.452 e. The van der Waals surface area contributed by atoms with Crippen molar-refractivity contribution in [1.82, 2.24) is 9.88 Å². The van der Waals surface area contributed by atoms with Gasteiger partial charge in [0.1, 0.15) is 5.82 Å². The summed E-state index contributed by atoms with van der Waals surface area (Å²) in [5.41, 5.74) is 0.139. The fraction of sp³-hybridized carbons (Fsp3) is 0.278.